The Hall–Kier alpha value is -2.33. The highest BCUT2D eigenvalue weighted by molar-refractivity contribution is 6.32. The quantitative estimate of drug-likeness (QED) is 0.707. The highest BCUT2D eigenvalue weighted by atomic mass is 35.5. The molecule has 0 N–H and O–H groups in total. The lowest BCUT2D eigenvalue weighted by Crippen LogP contribution is -1.97. The Kier molecular flexibility index (Phi) is 4.11. The minimum Gasteiger partial charge on any atom is -0.484 e. The van der Waals surface area contributed by atoms with E-state index in [1.54, 1.807) is 0 Å². The van der Waals surface area contributed by atoms with E-state index in [1.165, 1.54) is 0 Å². The van der Waals surface area contributed by atoms with Gasteiger partial charge in [0, 0.05) is 10.6 Å². The summed E-state index contributed by atoms with van der Waals surface area (Å²) < 4.78 is 10.9. The van der Waals surface area contributed by atoms with Crippen molar-refractivity contribution in [2.45, 2.75) is 20.5 Å². The van der Waals surface area contributed by atoms with Crippen LogP contribution in [0, 0.1) is 13.8 Å². The summed E-state index contributed by atoms with van der Waals surface area (Å²) in [5.74, 6) is 1.73. The Morgan fingerprint density at radius 2 is 1.77 bits per heavy atom. The summed E-state index contributed by atoms with van der Waals surface area (Å²) in [7, 11) is 0. The molecule has 0 amide bonds. The van der Waals surface area contributed by atoms with Crippen LogP contribution in [-0.2, 0) is 6.61 Å². The third-order valence-corrected chi connectivity index (χ3v) is 3.87. The van der Waals surface area contributed by atoms with Gasteiger partial charge in [-0.05, 0) is 37.1 Å². The van der Waals surface area contributed by atoms with Crippen molar-refractivity contribution in [2.24, 2.45) is 0 Å². The van der Waals surface area contributed by atoms with E-state index < -0.39 is 0 Å². The molecule has 5 heteroatoms. The molecule has 0 fully saturated rings. The zero-order valence-corrected chi connectivity index (χ0v) is 13.1. The van der Waals surface area contributed by atoms with Crippen LogP contribution in [0.25, 0.3) is 11.4 Å². The predicted octanol–water partition coefficient (Wildman–Crippen LogP) is 4.59. The van der Waals surface area contributed by atoms with E-state index in [-0.39, 0.29) is 6.61 Å². The number of nitrogens with zero attached hydrogens (tertiary/aromatic N) is 2. The van der Waals surface area contributed by atoms with Crippen LogP contribution in [-0.4, -0.2) is 10.1 Å². The van der Waals surface area contributed by atoms with Crippen LogP contribution in [0.3, 0.4) is 0 Å². The van der Waals surface area contributed by atoms with Crippen molar-refractivity contribution in [2.75, 3.05) is 0 Å². The van der Waals surface area contributed by atoms with E-state index in [4.69, 9.17) is 20.9 Å². The maximum Gasteiger partial charge on any atom is 0.264 e. The number of halogens is 1. The first-order valence-electron chi connectivity index (χ1n) is 6.91. The molecule has 2 aromatic carbocycles. The van der Waals surface area contributed by atoms with Crippen molar-refractivity contribution in [1.82, 2.24) is 10.1 Å². The number of benzene rings is 2. The van der Waals surface area contributed by atoms with E-state index in [2.05, 4.69) is 10.1 Å². The molecule has 0 aliphatic carbocycles. The fourth-order valence-electron chi connectivity index (χ4n) is 2.15. The molecule has 4 nitrogen and oxygen atoms in total. The van der Waals surface area contributed by atoms with Crippen molar-refractivity contribution in [3.8, 4) is 17.1 Å². The smallest absolute Gasteiger partial charge is 0.264 e. The molecule has 3 aromatic rings. The van der Waals surface area contributed by atoms with Gasteiger partial charge in [-0.25, -0.2) is 0 Å². The van der Waals surface area contributed by atoms with E-state index in [9.17, 15) is 0 Å². The van der Waals surface area contributed by atoms with Gasteiger partial charge >= 0.3 is 0 Å². The predicted molar refractivity (Wildman–Crippen MR) is 85.0 cm³/mol. The standard InChI is InChI=1S/C17H15ClN2O2/c1-11-8-14(9-12(2)16(11)18)21-10-15-19-17(20-22-15)13-6-4-3-5-7-13/h3-9H,10H2,1-2H3. The van der Waals surface area contributed by atoms with Crippen LogP contribution in [0.5, 0.6) is 5.75 Å². The molecule has 112 valence electrons. The molecular formula is C17H15ClN2O2. The second kappa shape index (κ2) is 6.20. The van der Waals surface area contributed by atoms with Gasteiger partial charge < -0.3 is 9.26 Å². The Morgan fingerprint density at radius 3 is 2.45 bits per heavy atom. The molecule has 0 radical (unpaired) electrons. The Balaban J connectivity index is 1.71. The van der Waals surface area contributed by atoms with Gasteiger partial charge in [0.2, 0.25) is 5.82 Å². The van der Waals surface area contributed by atoms with Gasteiger partial charge in [0.25, 0.3) is 5.89 Å². The zero-order valence-electron chi connectivity index (χ0n) is 12.3. The summed E-state index contributed by atoms with van der Waals surface area (Å²) in [6, 6.07) is 13.5. The fraction of sp³-hybridized carbons (Fsp3) is 0.176. The zero-order chi connectivity index (χ0) is 15.5. The monoisotopic (exact) mass is 314 g/mol. The Morgan fingerprint density at radius 1 is 1.09 bits per heavy atom. The van der Waals surface area contributed by atoms with Crippen LogP contribution in [0.2, 0.25) is 5.02 Å². The van der Waals surface area contributed by atoms with E-state index in [0.29, 0.717) is 11.7 Å². The summed E-state index contributed by atoms with van der Waals surface area (Å²) in [5.41, 5.74) is 2.87. The molecule has 0 bridgehead atoms. The van der Waals surface area contributed by atoms with Crippen molar-refractivity contribution in [1.29, 1.82) is 0 Å². The average Bonchev–Trinajstić information content (AvgIpc) is 3.00. The minimum absolute atomic E-state index is 0.223. The molecule has 0 saturated heterocycles. The van der Waals surface area contributed by atoms with E-state index >= 15 is 0 Å². The number of aromatic nitrogens is 2. The molecule has 0 spiro atoms. The first-order valence-corrected chi connectivity index (χ1v) is 7.29. The van der Waals surface area contributed by atoms with Crippen molar-refractivity contribution in [3.63, 3.8) is 0 Å². The van der Waals surface area contributed by atoms with Crippen LogP contribution in [0.15, 0.2) is 47.0 Å². The van der Waals surface area contributed by atoms with Crippen molar-refractivity contribution in [3.05, 3.63) is 64.5 Å². The molecule has 3 rings (SSSR count). The highest BCUT2D eigenvalue weighted by Gasteiger charge is 2.10. The van der Waals surface area contributed by atoms with Gasteiger partial charge in [-0.15, -0.1) is 0 Å². The van der Waals surface area contributed by atoms with Crippen molar-refractivity contribution >= 4 is 11.6 Å². The number of aryl methyl sites for hydroxylation is 2. The Bertz CT molecular complexity index is 761. The minimum atomic E-state index is 0.223. The van der Waals surface area contributed by atoms with E-state index in [1.807, 2.05) is 56.3 Å². The fourth-order valence-corrected chi connectivity index (χ4v) is 2.26. The summed E-state index contributed by atoms with van der Waals surface area (Å²) in [4.78, 5) is 4.33. The number of rotatable bonds is 4. The average molecular weight is 315 g/mol. The first kappa shape index (κ1) is 14.6. The second-order valence-corrected chi connectivity index (χ2v) is 5.42. The topological polar surface area (TPSA) is 48.2 Å². The molecule has 22 heavy (non-hydrogen) atoms. The first-order chi connectivity index (χ1) is 10.6. The second-order valence-electron chi connectivity index (χ2n) is 5.04. The van der Waals surface area contributed by atoms with Gasteiger partial charge in [0.1, 0.15) is 5.75 Å². The maximum atomic E-state index is 6.14. The molecule has 1 aromatic heterocycles. The molecule has 0 atom stereocenters. The third kappa shape index (κ3) is 3.12. The van der Waals surface area contributed by atoms with Gasteiger partial charge in [0.15, 0.2) is 6.61 Å². The number of ether oxygens (including phenoxy) is 1. The van der Waals surface area contributed by atoms with Crippen LogP contribution in [0.4, 0.5) is 0 Å². The molecule has 0 aliphatic heterocycles. The SMILES string of the molecule is Cc1cc(OCc2nc(-c3ccccc3)no2)cc(C)c1Cl. The van der Waals surface area contributed by atoms with E-state index in [0.717, 1.165) is 27.5 Å². The largest absolute Gasteiger partial charge is 0.484 e. The molecular weight excluding hydrogens is 300 g/mol. The number of hydrogen-bond acceptors (Lipinski definition) is 4. The number of hydrogen-bond donors (Lipinski definition) is 0. The molecule has 0 unspecified atom stereocenters. The van der Waals surface area contributed by atoms with Crippen molar-refractivity contribution < 1.29 is 9.26 Å². The van der Waals surface area contributed by atoms with Crippen LogP contribution < -0.4 is 4.74 Å². The lowest BCUT2D eigenvalue weighted by molar-refractivity contribution is 0.242. The molecule has 0 saturated carbocycles. The van der Waals surface area contributed by atoms with Gasteiger partial charge in [0.05, 0.1) is 0 Å². The summed E-state index contributed by atoms with van der Waals surface area (Å²) in [5, 5.41) is 4.72. The Labute approximate surface area is 133 Å². The summed E-state index contributed by atoms with van der Waals surface area (Å²) in [6.07, 6.45) is 0. The van der Waals surface area contributed by atoms with Gasteiger partial charge in [-0.2, -0.15) is 4.98 Å². The lowest BCUT2D eigenvalue weighted by atomic mass is 10.1. The van der Waals surface area contributed by atoms with Gasteiger partial charge in [-0.1, -0.05) is 47.1 Å². The summed E-state index contributed by atoms with van der Waals surface area (Å²) in [6.45, 7) is 4.12. The summed E-state index contributed by atoms with van der Waals surface area (Å²) >= 11 is 6.14. The van der Waals surface area contributed by atoms with Crippen LogP contribution in [0.1, 0.15) is 17.0 Å². The van der Waals surface area contributed by atoms with Gasteiger partial charge in [-0.3, -0.25) is 0 Å². The lowest BCUT2D eigenvalue weighted by Gasteiger charge is -2.08. The maximum absolute atomic E-state index is 6.14. The van der Waals surface area contributed by atoms with Crippen LogP contribution >= 0.6 is 11.6 Å². The third-order valence-electron chi connectivity index (χ3n) is 3.27. The normalized spacial score (nSPS) is 10.7. The molecule has 1 heterocycles. The molecule has 0 aliphatic rings. The highest BCUT2D eigenvalue weighted by Crippen LogP contribution is 2.26.